The van der Waals surface area contributed by atoms with Crippen LogP contribution >= 0.6 is 23.1 Å². The van der Waals surface area contributed by atoms with Gasteiger partial charge in [-0.25, -0.2) is 14.3 Å². The van der Waals surface area contributed by atoms with Crippen LogP contribution in [0.4, 0.5) is 5.13 Å². The summed E-state index contributed by atoms with van der Waals surface area (Å²) >= 11 is 2.42. The second-order valence-corrected chi connectivity index (χ2v) is 9.44. The normalized spacial score (nSPS) is 19.6. The van der Waals surface area contributed by atoms with Crippen molar-refractivity contribution < 1.29 is 33.7 Å². The number of thiazole rings is 1. The summed E-state index contributed by atoms with van der Waals surface area (Å²) in [5.41, 5.74) is 11.6. The molecule has 2 aromatic rings. The quantitative estimate of drug-likeness (QED) is 0.145. The number of β-lactam (4-membered cyclic amide) rings is 1. The number of nitrogens with two attached hydrogens (primary N) is 2. The lowest BCUT2D eigenvalue weighted by Crippen LogP contribution is -2.71. The van der Waals surface area contributed by atoms with Crippen LogP contribution in [0, 0.1) is 0 Å². The molecule has 1 fully saturated rings. The van der Waals surface area contributed by atoms with Crippen LogP contribution in [0.15, 0.2) is 46.3 Å². The Morgan fingerprint density at radius 3 is 2.83 bits per heavy atom. The van der Waals surface area contributed by atoms with Gasteiger partial charge >= 0.3 is 5.97 Å². The van der Waals surface area contributed by atoms with Crippen molar-refractivity contribution in [1.29, 1.82) is 0 Å². The molecule has 15 heteroatoms. The number of anilines is 1. The van der Waals surface area contributed by atoms with Crippen molar-refractivity contribution in [2.45, 2.75) is 18.0 Å². The third-order valence-electron chi connectivity index (χ3n) is 5.21. The maximum Gasteiger partial charge on any atom is 0.352 e. The van der Waals surface area contributed by atoms with Crippen LogP contribution in [0.3, 0.4) is 0 Å². The highest BCUT2D eigenvalue weighted by Crippen LogP contribution is 2.40. The molecule has 1 saturated heterocycles. The van der Waals surface area contributed by atoms with Crippen molar-refractivity contribution in [2.75, 3.05) is 18.6 Å². The molecule has 4 rings (SSSR count). The Hall–Kier alpha value is -3.98. The molecule has 2 aliphatic rings. The van der Waals surface area contributed by atoms with E-state index in [0.29, 0.717) is 5.57 Å². The Labute approximate surface area is 206 Å². The molecule has 0 bridgehead atoms. The number of primary amides is 1. The van der Waals surface area contributed by atoms with Crippen molar-refractivity contribution >= 4 is 57.6 Å². The summed E-state index contributed by atoms with van der Waals surface area (Å²) in [6.07, 6.45) is 3.17. The molecule has 182 valence electrons. The number of oxime groups is 1. The van der Waals surface area contributed by atoms with Crippen LogP contribution in [-0.4, -0.2) is 68.7 Å². The largest absolute Gasteiger partial charge is 0.477 e. The molecular weight excluding hydrogens is 498 g/mol. The number of fused-ring (bicyclic) bond motifs is 1. The molecule has 2 aromatic heterocycles. The van der Waals surface area contributed by atoms with Gasteiger partial charge in [0.15, 0.2) is 29.8 Å². The summed E-state index contributed by atoms with van der Waals surface area (Å²) in [5, 5.41) is 17.3. The predicted molar refractivity (Wildman–Crippen MR) is 125 cm³/mol. The molecule has 6 N–H and O–H groups in total. The zero-order chi connectivity index (χ0) is 25.3. The van der Waals surface area contributed by atoms with Crippen molar-refractivity contribution in [2.24, 2.45) is 10.9 Å². The van der Waals surface area contributed by atoms with Gasteiger partial charge in [0.2, 0.25) is 0 Å². The molecule has 13 nitrogen and oxygen atoms in total. The number of pyridine rings is 1. The van der Waals surface area contributed by atoms with E-state index in [0.717, 1.165) is 16.2 Å². The van der Waals surface area contributed by atoms with Crippen LogP contribution in [0.25, 0.3) is 0 Å². The Balaban J connectivity index is 1.54. The first-order valence-electron chi connectivity index (χ1n) is 10.0. The Kier molecular flexibility index (Phi) is 6.70. The summed E-state index contributed by atoms with van der Waals surface area (Å²) in [7, 11) is 1.26. The van der Waals surface area contributed by atoms with Gasteiger partial charge < -0.3 is 26.7 Å². The van der Waals surface area contributed by atoms with Crippen LogP contribution in [0.5, 0.6) is 0 Å². The summed E-state index contributed by atoms with van der Waals surface area (Å²) < 4.78 is 1.62. The summed E-state index contributed by atoms with van der Waals surface area (Å²) in [4.78, 5) is 59.2. The molecule has 0 spiro atoms. The van der Waals surface area contributed by atoms with E-state index in [2.05, 4.69) is 15.5 Å². The molecule has 2 atom stereocenters. The van der Waals surface area contributed by atoms with Gasteiger partial charge in [0.05, 0.1) is 0 Å². The smallest absolute Gasteiger partial charge is 0.352 e. The van der Waals surface area contributed by atoms with E-state index < -0.39 is 35.1 Å². The fourth-order valence-electron chi connectivity index (χ4n) is 3.69. The molecule has 3 amide bonds. The number of carboxylic acids is 1. The third kappa shape index (κ3) is 4.67. The zero-order valence-corrected chi connectivity index (χ0v) is 19.8. The minimum Gasteiger partial charge on any atom is -0.477 e. The molecule has 35 heavy (non-hydrogen) atoms. The molecular formula is C20H20N7O6S2+. The molecule has 0 aromatic carbocycles. The second-order valence-electron chi connectivity index (χ2n) is 7.44. The van der Waals surface area contributed by atoms with E-state index in [1.807, 2.05) is 0 Å². The number of carbonyl (C=O) groups excluding carboxylic acids is 3. The number of amides is 3. The number of aliphatic carboxylic acids is 1. The number of rotatable bonds is 8. The first-order valence-corrected chi connectivity index (χ1v) is 12.0. The summed E-state index contributed by atoms with van der Waals surface area (Å²) in [6, 6.07) is 2.20. The van der Waals surface area contributed by atoms with Crippen LogP contribution < -0.4 is 21.4 Å². The third-order valence-corrected chi connectivity index (χ3v) is 7.23. The first-order chi connectivity index (χ1) is 16.7. The zero-order valence-electron chi connectivity index (χ0n) is 18.2. The fourth-order valence-corrected chi connectivity index (χ4v) is 5.58. The number of hydrogen-bond donors (Lipinski definition) is 4. The molecule has 0 aliphatic carbocycles. The maximum atomic E-state index is 12.9. The molecule has 0 radical (unpaired) electrons. The van der Waals surface area contributed by atoms with Crippen molar-refractivity contribution in [3.63, 3.8) is 0 Å². The predicted octanol–water partition coefficient (Wildman–Crippen LogP) is -1.10. The number of hydrogen-bond acceptors (Lipinski definition) is 10. The number of nitrogen functional groups attached to an aromatic ring is 1. The number of nitrogens with zero attached hydrogens (tertiary/aromatic N) is 4. The van der Waals surface area contributed by atoms with Gasteiger partial charge in [0.25, 0.3) is 17.7 Å². The average Bonchev–Trinajstić information content (AvgIpc) is 3.26. The Morgan fingerprint density at radius 1 is 1.43 bits per heavy atom. The second kappa shape index (κ2) is 9.71. The average molecular weight is 519 g/mol. The van der Waals surface area contributed by atoms with Crippen molar-refractivity contribution in [1.82, 2.24) is 15.2 Å². The van der Waals surface area contributed by atoms with Gasteiger partial charge in [-0.05, 0) is 6.07 Å². The fraction of sp³-hybridized carbons (Fsp3) is 0.250. The standard InChI is InChI=1S/C20H19N7O6S2/c1-33-25-12(11-8-35-20(22)23-11)16(29)24-13-17(30)27-14(19(31)32)10(7-34-18(13)27)6-26-4-2-3-9(5-26)15(21)28/h2-5,8,13,18H,6-7H2,1H3,(H5-,21,22,23,24,28,29,31,32)/p+1/b25-12-/t13-,18-/m1/s1. The lowest BCUT2D eigenvalue weighted by Gasteiger charge is -2.49. The highest BCUT2D eigenvalue weighted by molar-refractivity contribution is 8.00. The maximum absolute atomic E-state index is 12.9. The lowest BCUT2D eigenvalue weighted by atomic mass is 10.0. The number of carboxylic acid groups (broad SMARTS) is 1. The van der Waals surface area contributed by atoms with Gasteiger partial charge in [0.1, 0.15) is 35.5 Å². The van der Waals surface area contributed by atoms with Gasteiger partial charge in [-0.15, -0.1) is 23.1 Å². The lowest BCUT2D eigenvalue weighted by molar-refractivity contribution is -0.689. The topological polar surface area (TPSA) is 194 Å². The monoisotopic (exact) mass is 518 g/mol. The van der Waals surface area contributed by atoms with Crippen LogP contribution in [0.1, 0.15) is 16.1 Å². The van der Waals surface area contributed by atoms with Gasteiger partial charge in [-0.1, -0.05) is 5.16 Å². The van der Waals surface area contributed by atoms with E-state index in [1.54, 1.807) is 22.9 Å². The number of thioether (sulfide) groups is 1. The van der Waals surface area contributed by atoms with E-state index in [4.69, 9.17) is 16.3 Å². The van der Waals surface area contributed by atoms with E-state index in [-0.39, 0.29) is 40.1 Å². The van der Waals surface area contributed by atoms with E-state index in [9.17, 15) is 24.3 Å². The highest BCUT2D eigenvalue weighted by Gasteiger charge is 2.54. The number of aromatic nitrogens is 2. The summed E-state index contributed by atoms with van der Waals surface area (Å²) in [5.74, 6) is -2.87. The summed E-state index contributed by atoms with van der Waals surface area (Å²) in [6.45, 7) is 0.138. The molecule has 0 saturated carbocycles. The highest BCUT2D eigenvalue weighted by atomic mass is 32.2. The van der Waals surface area contributed by atoms with Gasteiger partial charge in [0, 0.05) is 22.8 Å². The minimum absolute atomic E-state index is 0.138. The minimum atomic E-state index is -1.27. The van der Waals surface area contributed by atoms with Gasteiger partial charge in [-0.2, -0.15) is 0 Å². The van der Waals surface area contributed by atoms with Gasteiger partial charge in [-0.3, -0.25) is 19.3 Å². The first kappa shape index (κ1) is 24.2. The Morgan fingerprint density at radius 2 is 2.20 bits per heavy atom. The molecule has 0 unspecified atom stereocenters. The Bertz CT molecular complexity index is 1290. The molecule has 2 aliphatic heterocycles. The SMILES string of the molecule is CO/N=C(\C(=O)N[C@@H]1C(=O)N2C(C(=O)O)=C(C[n+]3cccc(C(N)=O)c3)CS[C@H]12)c1csc(N)n1. The van der Waals surface area contributed by atoms with E-state index in [1.165, 1.54) is 30.4 Å². The number of carbonyl (C=O) groups is 4. The van der Waals surface area contributed by atoms with Crippen molar-refractivity contribution in [3.8, 4) is 0 Å². The van der Waals surface area contributed by atoms with E-state index >= 15 is 0 Å². The van der Waals surface area contributed by atoms with Crippen LogP contribution in [-0.2, 0) is 25.8 Å². The number of nitrogens with one attached hydrogen (secondary N) is 1. The molecule has 4 heterocycles. The van der Waals surface area contributed by atoms with Crippen LogP contribution in [0.2, 0.25) is 0 Å². The van der Waals surface area contributed by atoms with Crippen molar-refractivity contribution in [3.05, 3.63) is 52.4 Å².